The number of aromatic amines is 1. The van der Waals surface area contributed by atoms with Crippen LogP contribution in [-0.4, -0.2) is 23.6 Å². The first-order chi connectivity index (χ1) is 8.02. The molecule has 0 unspecified atom stereocenters. The average molecular weight is 228 g/mol. The third-order valence-electron chi connectivity index (χ3n) is 2.78. The van der Waals surface area contributed by atoms with Crippen LogP contribution in [-0.2, 0) is 0 Å². The van der Waals surface area contributed by atoms with Crippen LogP contribution in [0.25, 0.3) is 11.0 Å². The van der Waals surface area contributed by atoms with Crippen LogP contribution in [0.5, 0.6) is 0 Å². The van der Waals surface area contributed by atoms with Gasteiger partial charge in [0.1, 0.15) is 0 Å². The Morgan fingerprint density at radius 1 is 1.47 bits per heavy atom. The molecule has 1 aromatic carbocycles. The Labute approximate surface area is 101 Å². The molecule has 17 heavy (non-hydrogen) atoms. The number of rotatable bonds is 3. The molecule has 0 saturated heterocycles. The molecule has 0 amide bonds. The highest BCUT2D eigenvalue weighted by atomic mass is 15.1. The van der Waals surface area contributed by atoms with Crippen LogP contribution in [0.1, 0.15) is 13.8 Å². The second kappa shape index (κ2) is 4.10. The molecule has 4 nitrogen and oxygen atoms in total. The van der Waals surface area contributed by atoms with Crippen LogP contribution < -0.4 is 4.90 Å². The molecular formula is C13H16N4. The van der Waals surface area contributed by atoms with Crippen molar-refractivity contribution in [1.82, 2.24) is 9.97 Å². The Morgan fingerprint density at radius 2 is 2.24 bits per heavy atom. The number of hydrogen-bond acceptors (Lipinski definition) is 3. The van der Waals surface area contributed by atoms with Crippen molar-refractivity contribution < 1.29 is 0 Å². The number of anilines is 1. The molecule has 0 aliphatic carbocycles. The van der Waals surface area contributed by atoms with Crippen molar-refractivity contribution in [3.05, 3.63) is 24.5 Å². The summed E-state index contributed by atoms with van der Waals surface area (Å²) >= 11 is 0. The van der Waals surface area contributed by atoms with E-state index in [9.17, 15) is 0 Å². The van der Waals surface area contributed by atoms with Crippen LogP contribution in [0.4, 0.5) is 5.69 Å². The highest BCUT2D eigenvalue weighted by molar-refractivity contribution is 5.78. The molecule has 0 bridgehead atoms. The molecule has 0 atom stereocenters. The van der Waals surface area contributed by atoms with E-state index in [0.29, 0.717) is 6.54 Å². The molecule has 0 radical (unpaired) electrons. The summed E-state index contributed by atoms with van der Waals surface area (Å²) in [6.07, 6.45) is 1.69. The van der Waals surface area contributed by atoms with Gasteiger partial charge >= 0.3 is 0 Å². The molecule has 1 heterocycles. The SMILES string of the molecule is CN(CC(C)(C)C#N)c1ccc2nc[nH]c2c1. The highest BCUT2D eigenvalue weighted by Gasteiger charge is 2.19. The minimum absolute atomic E-state index is 0.350. The summed E-state index contributed by atoms with van der Waals surface area (Å²) < 4.78 is 0. The molecular weight excluding hydrogens is 212 g/mol. The molecule has 0 spiro atoms. The quantitative estimate of drug-likeness (QED) is 0.878. The van der Waals surface area contributed by atoms with E-state index in [1.165, 1.54) is 0 Å². The Kier molecular flexibility index (Phi) is 2.76. The molecule has 0 aliphatic heterocycles. The van der Waals surface area contributed by atoms with E-state index in [0.717, 1.165) is 16.7 Å². The van der Waals surface area contributed by atoms with Gasteiger partial charge in [0.2, 0.25) is 0 Å². The average Bonchev–Trinajstić information content (AvgIpc) is 2.75. The highest BCUT2D eigenvalue weighted by Crippen LogP contribution is 2.22. The Hall–Kier alpha value is -2.02. The van der Waals surface area contributed by atoms with E-state index in [-0.39, 0.29) is 5.41 Å². The molecule has 0 fully saturated rings. The zero-order valence-electron chi connectivity index (χ0n) is 10.4. The smallest absolute Gasteiger partial charge is 0.0931 e. The van der Waals surface area contributed by atoms with Crippen LogP contribution in [0.15, 0.2) is 24.5 Å². The van der Waals surface area contributed by atoms with Gasteiger partial charge in [0.05, 0.1) is 28.8 Å². The van der Waals surface area contributed by atoms with E-state index >= 15 is 0 Å². The van der Waals surface area contributed by atoms with E-state index in [4.69, 9.17) is 5.26 Å². The summed E-state index contributed by atoms with van der Waals surface area (Å²) in [5.41, 5.74) is 2.72. The summed E-state index contributed by atoms with van der Waals surface area (Å²) in [5.74, 6) is 0. The van der Waals surface area contributed by atoms with Crippen LogP contribution in [0.3, 0.4) is 0 Å². The first kappa shape index (κ1) is 11.5. The zero-order valence-corrected chi connectivity index (χ0v) is 10.4. The Balaban J connectivity index is 2.24. The number of nitriles is 1. The largest absolute Gasteiger partial charge is 0.373 e. The number of H-pyrrole nitrogens is 1. The Bertz CT molecular complexity index is 562. The predicted octanol–water partition coefficient (Wildman–Crippen LogP) is 2.55. The van der Waals surface area contributed by atoms with Gasteiger partial charge in [0, 0.05) is 19.3 Å². The van der Waals surface area contributed by atoms with Crippen molar-refractivity contribution in [1.29, 1.82) is 5.26 Å². The third kappa shape index (κ3) is 2.39. The van der Waals surface area contributed by atoms with Gasteiger partial charge in [0.15, 0.2) is 0 Å². The molecule has 4 heteroatoms. The van der Waals surface area contributed by atoms with Gasteiger partial charge in [0.25, 0.3) is 0 Å². The van der Waals surface area contributed by atoms with E-state index in [2.05, 4.69) is 27.0 Å². The summed E-state index contributed by atoms with van der Waals surface area (Å²) in [6, 6.07) is 8.37. The Morgan fingerprint density at radius 3 is 2.94 bits per heavy atom. The minimum atomic E-state index is -0.350. The number of imidazole rings is 1. The van der Waals surface area contributed by atoms with Crippen molar-refractivity contribution in [2.24, 2.45) is 5.41 Å². The maximum Gasteiger partial charge on any atom is 0.0931 e. The van der Waals surface area contributed by atoms with E-state index < -0.39 is 0 Å². The topological polar surface area (TPSA) is 55.7 Å². The van der Waals surface area contributed by atoms with Crippen molar-refractivity contribution in [2.75, 3.05) is 18.5 Å². The number of benzene rings is 1. The first-order valence-electron chi connectivity index (χ1n) is 5.57. The van der Waals surface area contributed by atoms with Gasteiger partial charge in [-0.1, -0.05) is 0 Å². The second-order valence-corrected chi connectivity index (χ2v) is 4.96. The van der Waals surface area contributed by atoms with Crippen molar-refractivity contribution in [3.8, 4) is 6.07 Å². The second-order valence-electron chi connectivity index (χ2n) is 4.96. The summed E-state index contributed by atoms with van der Waals surface area (Å²) in [5, 5.41) is 9.04. The maximum atomic E-state index is 9.04. The number of fused-ring (bicyclic) bond motifs is 1. The summed E-state index contributed by atoms with van der Waals surface area (Å²) in [6.45, 7) is 4.58. The van der Waals surface area contributed by atoms with Gasteiger partial charge in [-0.3, -0.25) is 0 Å². The lowest BCUT2D eigenvalue weighted by molar-refractivity contribution is 0.497. The summed E-state index contributed by atoms with van der Waals surface area (Å²) in [7, 11) is 2.00. The minimum Gasteiger partial charge on any atom is -0.373 e. The normalized spacial score (nSPS) is 11.4. The first-order valence-corrected chi connectivity index (χ1v) is 5.57. The molecule has 2 aromatic rings. The number of nitrogens with one attached hydrogen (secondary N) is 1. The number of aromatic nitrogens is 2. The number of hydrogen-bond donors (Lipinski definition) is 1. The zero-order chi connectivity index (χ0) is 12.5. The van der Waals surface area contributed by atoms with Crippen LogP contribution >= 0.6 is 0 Å². The van der Waals surface area contributed by atoms with E-state index in [1.54, 1.807) is 6.33 Å². The fourth-order valence-corrected chi connectivity index (χ4v) is 1.88. The lowest BCUT2D eigenvalue weighted by Crippen LogP contribution is -2.30. The molecule has 1 aromatic heterocycles. The number of nitrogens with zero attached hydrogens (tertiary/aromatic N) is 3. The van der Waals surface area contributed by atoms with Gasteiger partial charge in [-0.2, -0.15) is 5.26 Å². The van der Waals surface area contributed by atoms with Crippen LogP contribution in [0.2, 0.25) is 0 Å². The lowest BCUT2D eigenvalue weighted by atomic mass is 9.95. The third-order valence-corrected chi connectivity index (χ3v) is 2.78. The van der Waals surface area contributed by atoms with Crippen molar-refractivity contribution in [2.45, 2.75) is 13.8 Å². The monoisotopic (exact) mass is 228 g/mol. The summed E-state index contributed by atoms with van der Waals surface area (Å²) in [4.78, 5) is 9.36. The predicted molar refractivity (Wildman–Crippen MR) is 68.8 cm³/mol. The van der Waals surface area contributed by atoms with Crippen molar-refractivity contribution in [3.63, 3.8) is 0 Å². The van der Waals surface area contributed by atoms with Crippen molar-refractivity contribution >= 4 is 16.7 Å². The molecule has 0 aliphatic rings. The standard InChI is InChI=1S/C13H16N4/c1-13(2,7-14)8-17(3)10-4-5-11-12(6-10)16-9-15-11/h4-6,9H,8H2,1-3H3,(H,15,16). The molecule has 2 rings (SSSR count). The molecule has 0 saturated carbocycles. The maximum absolute atomic E-state index is 9.04. The fourth-order valence-electron chi connectivity index (χ4n) is 1.88. The lowest BCUT2D eigenvalue weighted by Gasteiger charge is -2.26. The van der Waals surface area contributed by atoms with E-state index in [1.807, 2.05) is 33.0 Å². The van der Waals surface area contributed by atoms with Gasteiger partial charge in [-0.15, -0.1) is 0 Å². The molecule has 88 valence electrons. The van der Waals surface area contributed by atoms with Gasteiger partial charge < -0.3 is 9.88 Å². The molecule has 1 N–H and O–H groups in total. The fraction of sp³-hybridized carbons (Fsp3) is 0.385. The van der Waals surface area contributed by atoms with Gasteiger partial charge in [-0.25, -0.2) is 4.98 Å². The van der Waals surface area contributed by atoms with Gasteiger partial charge in [-0.05, 0) is 32.0 Å². The van der Waals surface area contributed by atoms with Crippen LogP contribution in [0, 0.1) is 16.7 Å².